The molecule has 0 unspecified atom stereocenters. The molecule has 0 fully saturated rings. The van der Waals surface area contributed by atoms with Gasteiger partial charge in [0.25, 0.3) is 0 Å². The first-order chi connectivity index (χ1) is 15.6. The number of nitrogens with one attached hydrogen (secondary N) is 1. The Morgan fingerprint density at radius 1 is 1.28 bits per heavy atom. The summed E-state index contributed by atoms with van der Waals surface area (Å²) in [4.78, 5) is 22.3. The molecule has 6 nitrogen and oxygen atoms in total. The van der Waals surface area contributed by atoms with Crippen molar-refractivity contribution >= 4 is 28.6 Å². The SMILES string of the molecule is Cc1cc(/C=C/C(=O)N2CC=C(c3c[nH]c4ncccc34)CC2)c(C)n1Cc1ccco1. The van der Waals surface area contributed by atoms with Crippen LogP contribution in [0.4, 0.5) is 0 Å². The Kier molecular flexibility index (Phi) is 5.27. The van der Waals surface area contributed by atoms with Gasteiger partial charge in [0.2, 0.25) is 5.91 Å². The van der Waals surface area contributed by atoms with Crippen molar-refractivity contribution in [3.05, 3.63) is 89.4 Å². The van der Waals surface area contributed by atoms with E-state index in [9.17, 15) is 4.79 Å². The van der Waals surface area contributed by atoms with Crippen molar-refractivity contribution in [2.75, 3.05) is 13.1 Å². The molecule has 0 atom stereocenters. The summed E-state index contributed by atoms with van der Waals surface area (Å²) >= 11 is 0. The van der Waals surface area contributed by atoms with Crippen molar-refractivity contribution in [3.63, 3.8) is 0 Å². The zero-order chi connectivity index (χ0) is 22.1. The van der Waals surface area contributed by atoms with Gasteiger partial charge in [0.1, 0.15) is 11.4 Å². The Balaban J connectivity index is 1.27. The highest BCUT2D eigenvalue weighted by atomic mass is 16.3. The average molecular weight is 427 g/mol. The van der Waals surface area contributed by atoms with E-state index in [0.29, 0.717) is 19.6 Å². The van der Waals surface area contributed by atoms with E-state index in [4.69, 9.17) is 4.42 Å². The topological polar surface area (TPSA) is 67.1 Å². The van der Waals surface area contributed by atoms with Gasteiger partial charge in [-0.2, -0.15) is 0 Å². The largest absolute Gasteiger partial charge is 0.467 e. The predicted molar refractivity (Wildman–Crippen MR) is 126 cm³/mol. The number of aromatic nitrogens is 3. The Labute approximate surface area is 186 Å². The summed E-state index contributed by atoms with van der Waals surface area (Å²) in [6.45, 7) is 6.16. The first-order valence-electron chi connectivity index (χ1n) is 10.9. The van der Waals surface area contributed by atoms with Crippen LogP contribution in [0, 0.1) is 13.8 Å². The quantitative estimate of drug-likeness (QED) is 0.459. The highest BCUT2D eigenvalue weighted by Crippen LogP contribution is 2.28. The molecular formula is C26H26N4O2. The van der Waals surface area contributed by atoms with E-state index in [1.54, 1.807) is 18.5 Å². The number of rotatable bonds is 5. The Hall–Kier alpha value is -3.80. The standard InChI is InChI=1S/C26H26N4O2/c1-18-15-21(19(2)30(18)17-22-5-4-14-32-22)7-8-25(31)29-12-9-20(10-13-29)24-16-28-26-23(24)6-3-11-27-26/h3-9,11,14-16H,10,12-13,17H2,1-2H3,(H,27,28)/b8-7+. The molecule has 1 aliphatic rings. The van der Waals surface area contributed by atoms with Gasteiger partial charge >= 0.3 is 0 Å². The third kappa shape index (κ3) is 3.80. The van der Waals surface area contributed by atoms with Crippen LogP contribution in [0.2, 0.25) is 0 Å². The molecule has 6 heteroatoms. The molecule has 0 saturated carbocycles. The summed E-state index contributed by atoms with van der Waals surface area (Å²) in [5, 5.41) is 1.13. The van der Waals surface area contributed by atoms with Gasteiger partial charge in [0, 0.05) is 53.9 Å². The van der Waals surface area contributed by atoms with Crippen molar-refractivity contribution in [1.29, 1.82) is 0 Å². The number of aromatic amines is 1. The summed E-state index contributed by atoms with van der Waals surface area (Å²) in [5.41, 5.74) is 6.66. The summed E-state index contributed by atoms with van der Waals surface area (Å²) in [6, 6.07) is 10.0. The number of hydrogen-bond acceptors (Lipinski definition) is 3. The fourth-order valence-electron chi connectivity index (χ4n) is 4.40. The highest BCUT2D eigenvalue weighted by Gasteiger charge is 2.18. The lowest BCUT2D eigenvalue weighted by atomic mass is 9.99. The van der Waals surface area contributed by atoms with Crippen molar-refractivity contribution < 1.29 is 9.21 Å². The second-order valence-corrected chi connectivity index (χ2v) is 8.19. The van der Waals surface area contributed by atoms with E-state index in [1.165, 1.54) is 11.1 Å². The van der Waals surface area contributed by atoms with Crippen molar-refractivity contribution in [1.82, 2.24) is 19.4 Å². The normalized spacial score (nSPS) is 14.4. The maximum Gasteiger partial charge on any atom is 0.246 e. The van der Waals surface area contributed by atoms with Crippen LogP contribution in [0.1, 0.15) is 34.7 Å². The average Bonchev–Trinajstić information content (AvgIpc) is 3.54. The summed E-state index contributed by atoms with van der Waals surface area (Å²) in [7, 11) is 0. The molecule has 0 radical (unpaired) electrons. The minimum atomic E-state index is 0.0386. The van der Waals surface area contributed by atoms with Crippen LogP contribution in [0.3, 0.4) is 0 Å². The van der Waals surface area contributed by atoms with Crippen LogP contribution in [-0.4, -0.2) is 38.4 Å². The van der Waals surface area contributed by atoms with Gasteiger partial charge < -0.3 is 18.9 Å². The fourth-order valence-corrected chi connectivity index (χ4v) is 4.40. The molecule has 32 heavy (non-hydrogen) atoms. The van der Waals surface area contributed by atoms with Gasteiger partial charge in [-0.3, -0.25) is 4.79 Å². The second-order valence-electron chi connectivity index (χ2n) is 8.19. The highest BCUT2D eigenvalue weighted by molar-refractivity contribution is 5.94. The lowest BCUT2D eigenvalue weighted by Gasteiger charge is -2.25. The van der Waals surface area contributed by atoms with Crippen LogP contribution in [0.5, 0.6) is 0 Å². The molecular weight excluding hydrogens is 400 g/mol. The Bertz CT molecular complexity index is 1320. The number of carbonyl (C=O) groups is 1. The van der Waals surface area contributed by atoms with E-state index in [2.05, 4.69) is 46.6 Å². The number of H-pyrrole nitrogens is 1. The van der Waals surface area contributed by atoms with Crippen LogP contribution in [-0.2, 0) is 11.3 Å². The van der Waals surface area contributed by atoms with E-state index >= 15 is 0 Å². The minimum absolute atomic E-state index is 0.0386. The van der Waals surface area contributed by atoms with Crippen LogP contribution in [0.25, 0.3) is 22.7 Å². The summed E-state index contributed by atoms with van der Waals surface area (Å²) in [5.74, 6) is 0.956. The molecule has 4 aromatic rings. The molecule has 162 valence electrons. The van der Waals surface area contributed by atoms with E-state index in [0.717, 1.165) is 40.2 Å². The maximum absolute atomic E-state index is 12.8. The van der Waals surface area contributed by atoms with Crippen LogP contribution < -0.4 is 0 Å². The zero-order valence-electron chi connectivity index (χ0n) is 18.3. The Morgan fingerprint density at radius 3 is 2.97 bits per heavy atom. The molecule has 1 aliphatic heterocycles. The van der Waals surface area contributed by atoms with E-state index in [-0.39, 0.29) is 5.91 Å². The monoisotopic (exact) mass is 426 g/mol. The zero-order valence-corrected chi connectivity index (χ0v) is 18.3. The molecule has 0 aromatic carbocycles. The lowest BCUT2D eigenvalue weighted by molar-refractivity contribution is -0.125. The number of furan rings is 1. The molecule has 0 spiro atoms. The lowest BCUT2D eigenvalue weighted by Crippen LogP contribution is -2.33. The Morgan fingerprint density at radius 2 is 2.19 bits per heavy atom. The maximum atomic E-state index is 12.8. The first kappa shape index (κ1) is 20.1. The van der Waals surface area contributed by atoms with Crippen molar-refractivity contribution in [2.24, 2.45) is 0 Å². The third-order valence-corrected chi connectivity index (χ3v) is 6.23. The first-order valence-corrected chi connectivity index (χ1v) is 10.9. The van der Waals surface area contributed by atoms with Gasteiger partial charge in [-0.25, -0.2) is 4.98 Å². The number of aryl methyl sites for hydroxylation is 1. The van der Waals surface area contributed by atoms with Gasteiger partial charge in [0.05, 0.1) is 12.8 Å². The third-order valence-electron chi connectivity index (χ3n) is 6.23. The minimum Gasteiger partial charge on any atom is -0.467 e. The molecule has 5 rings (SSSR count). The second kappa shape index (κ2) is 8.38. The van der Waals surface area contributed by atoms with Gasteiger partial charge in [0.15, 0.2) is 0 Å². The molecule has 0 saturated heterocycles. The fraction of sp³-hybridized carbons (Fsp3) is 0.231. The van der Waals surface area contributed by atoms with Crippen LogP contribution >= 0.6 is 0 Å². The molecule has 0 aliphatic carbocycles. The number of amides is 1. The molecule has 1 amide bonds. The number of carbonyl (C=O) groups excluding carboxylic acids is 1. The van der Waals surface area contributed by atoms with E-state index < -0.39 is 0 Å². The predicted octanol–water partition coefficient (Wildman–Crippen LogP) is 4.95. The summed E-state index contributed by atoms with van der Waals surface area (Å²) < 4.78 is 7.69. The molecule has 4 aromatic heterocycles. The molecule has 5 heterocycles. The van der Waals surface area contributed by atoms with Crippen molar-refractivity contribution in [3.8, 4) is 0 Å². The van der Waals surface area contributed by atoms with Crippen molar-refractivity contribution in [2.45, 2.75) is 26.8 Å². The van der Waals surface area contributed by atoms with Gasteiger partial charge in [-0.1, -0.05) is 6.08 Å². The smallest absolute Gasteiger partial charge is 0.246 e. The number of hydrogen-bond donors (Lipinski definition) is 1. The number of pyridine rings is 1. The summed E-state index contributed by atoms with van der Waals surface area (Å²) in [6.07, 6.45) is 12.1. The number of nitrogens with zero attached hydrogens (tertiary/aromatic N) is 3. The van der Waals surface area contributed by atoms with Gasteiger partial charge in [-0.15, -0.1) is 0 Å². The molecule has 1 N–H and O–H groups in total. The van der Waals surface area contributed by atoms with E-state index in [1.807, 2.05) is 35.4 Å². The number of fused-ring (bicyclic) bond motifs is 1. The van der Waals surface area contributed by atoms with Crippen LogP contribution in [0.15, 0.2) is 65.6 Å². The molecule has 0 bridgehead atoms. The van der Waals surface area contributed by atoms with Gasteiger partial charge in [-0.05, 0) is 67.8 Å².